The van der Waals surface area contributed by atoms with Crippen molar-refractivity contribution in [3.63, 3.8) is 0 Å². The summed E-state index contributed by atoms with van der Waals surface area (Å²) in [7, 11) is 3.39. The average molecular weight is 387 g/mol. The first-order chi connectivity index (χ1) is 13.4. The molecule has 0 fully saturated rings. The van der Waals surface area contributed by atoms with Crippen LogP contribution in [0.1, 0.15) is 16.8 Å². The predicted molar refractivity (Wildman–Crippen MR) is 99.4 cm³/mol. The molecule has 148 valence electrons. The van der Waals surface area contributed by atoms with Crippen LogP contribution in [0.25, 0.3) is 10.8 Å². The van der Waals surface area contributed by atoms with Crippen molar-refractivity contribution >= 4 is 34.6 Å². The summed E-state index contributed by atoms with van der Waals surface area (Å²) in [6, 6.07) is 11.0. The molecule has 0 aliphatic heterocycles. The first-order valence-electron chi connectivity index (χ1n) is 8.44. The van der Waals surface area contributed by atoms with Crippen LogP contribution in [-0.2, 0) is 28.6 Å². The number of nitrogens with one attached hydrogen (secondary N) is 1. The highest BCUT2D eigenvalue weighted by Gasteiger charge is 2.38. The van der Waals surface area contributed by atoms with E-state index in [2.05, 4.69) is 14.8 Å². The number of fused-ring (bicyclic) bond motifs is 1. The van der Waals surface area contributed by atoms with E-state index in [1.807, 2.05) is 18.2 Å². The minimum Gasteiger partial charge on any atom is -0.469 e. The quantitative estimate of drug-likeness (QED) is 0.566. The predicted octanol–water partition coefficient (Wildman–Crippen LogP) is 1.46. The molecule has 0 saturated carbocycles. The third-order valence-electron chi connectivity index (χ3n) is 4.30. The molecule has 1 N–H and O–H groups in total. The highest BCUT2D eigenvalue weighted by atomic mass is 16.5. The Kier molecular flexibility index (Phi) is 7.08. The van der Waals surface area contributed by atoms with Crippen LogP contribution >= 0.6 is 0 Å². The van der Waals surface area contributed by atoms with E-state index < -0.39 is 42.2 Å². The van der Waals surface area contributed by atoms with Crippen molar-refractivity contribution in [3.8, 4) is 0 Å². The van der Waals surface area contributed by atoms with Crippen molar-refractivity contribution in [3.05, 3.63) is 48.0 Å². The fourth-order valence-electron chi connectivity index (χ4n) is 2.84. The lowest BCUT2D eigenvalue weighted by Gasteiger charge is -2.23. The maximum absolute atomic E-state index is 12.9. The zero-order chi connectivity index (χ0) is 20.7. The monoisotopic (exact) mass is 387 g/mol. The third kappa shape index (κ3) is 4.64. The number of esters is 3. The van der Waals surface area contributed by atoms with Crippen molar-refractivity contribution in [2.75, 3.05) is 21.3 Å². The Balaban J connectivity index is 2.39. The fourth-order valence-corrected chi connectivity index (χ4v) is 2.84. The second-order valence-corrected chi connectivity index (χ2v) is 5.91. The van der Waals surface area contributed by atoms with E-state index in [-0.39, 0.29) is 0 Å². The highest BCUT2D eigenvalue weighted by Crippen LogP contribution is 2.20. The summed E-state index contributed by atoms with van der Waals surface area (Å²) in [4.78, 5) is 49.0. The second-order valence-electron chi connectivity index (χ2n) is 5.91. The van der Waals surface area contributed by atoms with Crippen LogP contribution in [0.3, 0.4) is 0 Å². The van der Waals surface area contributed by atoms with Gasteiger partial charge >= 0.3 is 17.9 Å². The molecule has 0 spiro atoms. The number of amides is 1. The van der Waals surface area contributed by atoms with Gasteiger partial charge < -0.3 is 19.5 Å². The Labute approximate surface area is 161 Å². The summed E-state index contributed by atoms with van der Waals surface area (Å²) in [6.45, 7) is 0. The maximum Gasteiger partial charge on any atom is 0.329 e. The number of ether oxygens (including phenoxy) is 3. The third-order valence-corrected chi connectivity index (χ3v) is 4.30. The van der Waals surface area contributed by atoms with E-state index in [1.54, 1.807) is 24.3 Å². The lowest BCUT2D eigenvalue weighted by molar-refractivity contribution is -0.158. The zero-order valence-electron chi connectivity index (χ0n) is 15.8. The number of benzene rings is 2. The smallest absolute Gasteiger partial charge is 0.329 e. The van der Waals surface area contributed by atoms with Gasteiger partial charge in [0.15, 0.2) is 0 Å². The van der Waals surface area contributed by atoms with E-state index >= 15 is 0 Å². The van der Waals surface area contributed by atoms with Crippen LogP contribution in [0.4, 0.5) is 0 Å². The molecule has 2 aromatic rings. The molecular formula is C20H21NO7. The highest BCUT2D eigenvalue weighted by molar-refractivity contribution is 6.08. The minimum absolute atomic E-state index is 0.314. The van der Waals surface area contributed by atoms with E-state index in [9.17, 15) is 19.2 Å². The molecule has 0 aromatic heterocycles. The molecule has 8 nitrogen and oxygen atoms in total. The summed E-state index contributed by atoms with van der Waals surface area (Å²) in [5, 5.41) is 4.01. The molecule has 2 rings (SSSR count). The Morgan fingerprint density at radius 1 is 0.857 bits per heavy atom. The number of carbonyl (C=O) groups excluding carboxylic acids is 4. The molecule has 0 saturated heterocycles. The number of methoxy groups -OCH3 is 3. The number of rotatable bonds is 7. The molecule has 1 amide bonds. The molecular weight excluding hydrogens is 366 g/mol. The molecule has 0 aliphatic rings. The van der Waals surface area contributed by atoms with Crippen molar-refractivity contribution in [2.45, 2.75) is 12.5 Å². The Bertz CT molecular complexity index is 888. The van der Waals surface area contributed by atoms with Crippen LogP contribution in [0.5, 0.6) is 0 Å². The standard InChI is InChI=1S/C20H21NO7/c1-26-16(22)11-15(19(24)27-2)17(20(25)28-3)21-18(23)14-10-6-8-12-7-4-5-9-13(12)14/h4-10,15,17H,11H2,1-3H3,(H,21,23)/t15-,17+/m0/s1. The molecule has 0 heterocycles. The van der Waals surface area contributed by atoms with Gasteiger partial charge in [-0.3, -0.25) is 14.4 Å². The van der Waals surface area contributed by atoms with Crippen LogP contribution < -0.4 is 5.32 Å². The van der Waals surface area contributed by atoms with E-state index in [0.717, 1.165) is 26.7 Å². The molecule has 0 radical (unpaired) electrons. The molecule has 28 heavy (non-hydrogen) atoms. The summed E-state index contributed by atoms with van der Waals surface area (Å²) in [6.07, 6.45) is -0.460. The lowest BCUT2D eigenvalue weighted by atomic mass is 9.95. The first-order valence-corrected chi connectivity index (χ1v) is 8.44. The maximum atomic E-state index is 12.9. The molecule has 0 bridgehead atoms. The number of hydrogen-bond acceptors (Lipinski definition) is 7. The van der Waals surface area contributed by atoms with Crippen LogP contribution in [0, 0.1) is 5.92 Å². The van der Waals surface area contributed by atoms with Gasteiger partial charge in [0.25, 0.3) is 5.91 Å². The molecule has 8 heteroatoms. The normalized spacial score (nSPS) is 12.5. The van der Waals surface area contributed by atoms with Gasteiger partial charge in [0.05, 0.1) is 33.7 Å². The molecule has 0 aliphatic carbocycles. The minimum atomic E-state index is -1.43. The van der Waals surface area contributed by atoms with E-state index in [4.69, 9.17) is 4.74 Å². The summed E-state index contributed by atoms with van der Waals surface area (Å²) in [5.41, 5.74) is 0.314. The summed E-state index contributed by atoms with van der Waals surface area (Å²) in [5.74, 6) is -4.36. The van der Waals surface area contributed by atoms with E-state index in [0.29, 0.717) is 10.9 Å². The summed E-state index contributed by atoms with van der Waals surface area (Å²) >= 11 is 0. The summed E-state index contributed by atoms with van der Waals surface area (Å²) < 4.78 is 14.0. The Morgan fingerprint density at radius 3 is 2.14 bits per heavy atom. The van der Waals surface area contributed by atoms with Gasteiger partial charge in [0, 0.05) is 5.56 Å². The van der Waals surface area contributed by atoms with E-state index in [1.165, 1.54) is 0 Å². The van der Waals surface area contributed by atoms with Crippen molar-refractivity contribution in [2.24, 2.45) is 5.92 Å². The topological polar surface area (TPSA) is 108 Å². The number of hydrogen-bond donors (Lipinski definition) is 1. The van der Waals surface area contributed by atoms with Crippen molar-refractivity contribution in [1.29, 1.82) is 0 Å². The van der Waals surface area contributed by atoms with Gasteiger partial charge in [-0.1, -0.05) is 36.4 Å². The number of carbonyl (C=O) groups is 4. The fraction of sp³-hybridized carbons (Fsp3) is 0.300. The van der Waals surface area contributed by atoms with Gasteiger partial charge in [-0.05, 0) is 16.8 Å². The van der Waals surface area contributed by atoms with Crippen molar-refractivity contribution < 1.29 is 33.4 Å². The largest absolute Gasteiger partial charge is 0.469 e. The Morgan fingerprint density at radius 2 is 1.50 bits per heavy atom. The van der Waals surface area contributed by atoms with Gasteiger partial charge in [-0.25, -0.2) is 4.79 Å². The van der Waals surface area contributed by atoms with Crippen LogP contribution in [0.15, 0.2) is 42.5 Å². The Hall–Kier alpha value is -3.42. The van der Waals surface area contributed by atoms with Gasteiger partial charge in [0.1, 0.15) is 6.04 Å². The second kappa shape index (κ2) is 9.50. The molecule has 2 atom stereocenters. The zero-order valence-corrected chi connectivity index (χ0v) is 15.8. The molecule has 2 aromatic carbocycles. The van der Waals surface area contributed by atoms with Crippen molar-refractivity contribution in [1.82, 2.24) is 5.32 Å². The van der Waals surface area contributed by atoms with Crippen LogP contribution in [-0.4, -0.2) is 51.2 Å². The SMILES string of the molecule is COC(=O)C[C@H](C(=O)OC)[C@@H](NC(=O)c1cccc2ccccc12)C(=O)OC. The average Bonchev–Trinajstić information content (AvgIpc) is 2.74. The van der Waals surface area contributed by atoms with Gasteiger partial charge in [0.2, 0.25) is 0 Å². The van der Waals surface area contributed by atoms with Gasteiger partial charge in [-0.15, -0.1) is 0 Å². The molecule has 0 unspecified atom stereocenters. The lowest BCUT2D eigenvalue weighted by Crippen LogP contribution is -2.50. The van der Waals surface area contributed by atoms with Crippen LogP contribution in [0.2, 0.25) is 0 Å². The first kappa shape index (κ1) is 20.9. The van der Waals surface area contributed by atoms with Gasteiger partial charge in [-0.2, -0.15) is 0 Å².